The summed E-state index contributed by atoms with van der Waals surface area (Å²) in [6.45, 7) is 0. The summed E-state index contributed by atoms with van der Waals surface area (Å²) in [6, 6.07) is 1.20. The van der Waals surface area contributed by atoms with Crippen LogP contribution in [0.5, 0.6) is 5.88 Å². The number of hydrogen-bond acceptors (Lipinski definition) is 3. The lowest BCUT2D eigenvalue weighted by Gasteiger charge is -2.06. The van der Waals surface area contributed by atoms with Crippen molar-refractivity contribution in [2.45, 2.75) is 6.43 Å². The first-order valence-corrected chi connectivity index (χ1v) is 3.95. The Morgan fingerprint density at radius 3 is 2.71 bits per heavy atom. The highest BCUT2D eigenvalue weighted by Gasteiger charge is 2.18. The number of alkyl halides is 2. The SMILES string of the molecule is COc1cc(C=O)c(Cl)c(C(F)F)n1. The first kappa shape index (κ1) is 10.8. The summed E-state index contributed by atoms with van der Waals surface area (Å²) in [4.78, 5) is 13.9. The molecular formula is C8H6ClF2NO2. The predicted molar refractivity (Wildman–Crippen MR) is 46.1 cm³/mol. The minimum absolute atomic E-state index is 0.0613. The van der Waals surface area contributed by atoms with E-state index in [1.807, 2.05) is 0 Å². The molecule has 0 radical (unpaired) electrons. The molecule has 6 heteroatoms. The summed E-state index contributed by atoms with van der Waals surface area (Å²) in [5, 5.41) is -0.337. The summed E-state index contributed by atoms with van der Waals surface area (Å²) in [5.41, 5.74) is -0.707. The number of halogens is 3. The quantitative estimate of drug-likeness (QED) is 0.736. The number of methoxy groups -OCH3 is 1. The Bertz CT molecular complexity index is 357. The smallest absolute Gasteiger partial charge is 0.282 e. The monoisotopic (exact) mass is 221 g/mol. The molecule has 1 rings (SSSR count). The number of nitrogens with zero attached hydrogens (tertiary/aromatic N) is 1. The minimum atomic E-state index is -2.84. The Balaban J connectivity index is 3.34. The molecule has 0 aliphatic heterocycles. The lowest BCUT2D eigenvalue weighted by atomic mass is 10.2. The Morgan fingerprint density at radius 2 is 2.29 bits per heavy atom. The molecule has 0 saturated carbocycles. The van der Waals surface area contributed by atoms with Crippen molar-refractivity contribution in [1.82, 2.24) is 4.98 Å². The van der Waals surface area contributed by atoms with E-state index in [9.17, 15) is 13.6 Å². The van der Waals surface area contributed by atoms with Crippen LogP contribution in [0.2, 0.25) is 5.02 Å². The molecule has 14 heavy (non-hydrogen) atoms. The number of carbonyl (C=O) groups is 1. The summed E-state index contributed by atoms with van der Waals surface area (Å²) in [6.07, 6.45) is -2.46. The highest BCUT2D eigenvalue weighted by atomic mass is 35.5. The van der Waals surface area contributed by atoms with E-state index in [-0.39, 0.29) is 16.5 Å². The van der Waals surface area contributed by atoms with Gasteiger partial charge in [-0.25, -0.2) is 13.8 Å². The molecule has 0 atom stereocenters. The Labute approximate surface area is 83.7 Å². The number of rotatable bonds is 3. The molecule has 0 unspecified atom stereocenters. The summed E-state index contributed by atoms with van der Waals surface area (Å²) < 4.78 is 29.3. The van der Waals surface area contributed by atoms with Crippen molar-refractivity contribution in [3.05, 3.63) is 22.3 Å². The lowest BCUT2D eigenvalue weighted by molar-refractivity contribution is 0.112. The molecule has 0 aliphatic carbocycles. The van der Waals surface area contributed by atoms with E-state index in [4.69, 9.17) is 11.6 Å². The van der Waals surface area contributed by atoms with Gasteiger partial charge < -0.3 is 4.74 Å². The van der Waals surface area contributed by atoms with Gasteiger partial charge in [0.2, 0.25) is 5.88 Å². The topological polar surface area (TPSA) is 39.2 Å². The molecule has 1 aromatic heterocycles. The zero-order chi connectivity index (χ0) is 10.7. The highest BCUT2D eigenvalue weighted by Crippen LogP contribution is 2.29. The lowest BCUT2D eigenvalue weighted by Crippen LogP contribution is -1.99. The maximum atomic E-state index is 12.3. The van der Waals surface area contributed by atoms with Crippen molar-refractivity contribution in [2.75, 3.05) is 7.11 Å². The number of pyridine rings is 1. The van der Waals surface area contributed by atoms with Gasteiger partial charge in [0.1, 0.15) is 5.69 Å². The molecule has 0 amide bonds. The third kappa shape index (κ3) is 1.98. The van der Waals surface area contributed by atoms with Crippen LogP contribution in [0.15, 0.2) is 6.07 Å². The Hall–Kier alpha value is -1.23. The van der Waals surface area contributed by atoms with E-state index >= 15 is 0 Å². The summed E-state index contributed by atoms with van der Waals surface area (Å²) in [7, 11) is 1.26. The second-order valence-corrected chi connectivity index (χ2v) is 2.75. The van der Waals surface area contributed by atoms with E-state index in [0.29, 0.717) is 6.29 Å². The van der Waals surface area contributed by atoms with Crippen molar-refractivity contribution in [1.29, 1.82) is 0 Å². The number of carbonyl (C=O) groups excluding carboxylic acids is 1. The highest BCUT2D eigenvalue weighted by molar-refractivity contribution is 6.33. The van der Waals surface area contributed by atoms with Gasteiger partial charge in [0.15, 0.2) is 6.29 Å². The fourth-order valence-electron chi connectivity index (χ4n) is 0.879. The van der Waals surface area contributed by atoms with Crippen LogP contribution in [0.3, 0.4) is 0 Å². The molecule has 0 N–H and O–H groups in total. The molecule has 0 fully saturated rings. The molecular weight excluding hydrogens is 216 g/mol. The van der Waals surface area contributed by atoms with Gasteiger partial charge in [-0.2, -0.15) is 0 Å². The largest absolute Gasteiger partial charge is 0.481 e. The molecule has 0 spiro atoms. The first-order valence-electron chi connectivity index (χ1n) is 3.58. The maximum absolute atomic E-state index is 12.3. The fraction of sp³-hybridized carbons (Fsp3) is 0.250. The summed E-state index contributed by atoms with van der Waals surface area (Å²) >= 11 is 5.50. The average Bonchev–Trinajstić information content (AvgIpc) is 2.17. The van der Waals surface area contributed by atoms with Gasteiger partial charge >= 0.3 is 0 Å². The zero-order valence-corrected chi connectivity index (χ0v) is 7.89. The summed E-state index contributed by atoms with van der Waals surface area (Å²) in [5.74, 6) is -0.0631. The van der Waals surface area contributed by atoms with E-state index in [2.05, 4.69) is 9.72 Å². The zero-order valence-electron chi connectivity index (χ0n) is 7.13. The third-order valence-corrected chi connectivity index (χ3v) is 1.94. The van der Waals surface area contributed by atoms with Gasteiger partial charge in [-0.15, -0.1) is 0 Å². The van der Waals surface area contributed by atoms with Gasteiger partial charge in [-0.05, 0) is 0 Å². The molecule has 3 nitrogen and oxygen atoms in total. The molecule has 0 saturated heterocycles. The third-order valence-electron chi connectivity index (χ3n) is 1.53. The minimum Gasteiger partial charge on any atom is -0.481 e. The van der Waals surface area contributed by atoms with E-state index in [1.54, 1.807) is 0 Å². The van der Waals surface area contributed by atoms with Crippen molar-refractivity contribution < 1.29 is 18.3 Å². The number of ether oxygens (including phenoxy) is 1. The van der Waals surface area contributed by atoms with Crippen molar-refractivity contribution >= 4 is 17.9 Å². The van der Waals surface area contributed by atoms with Crippen LogP contribution in [0.4, 0.5) is 8.78 Å². The van der Waals surface area contributed by atoms with Crippen molar-refractivity contribution in [3.8, 4) is 5.88 Å². The predicted octanol–water partition coefficient (Wildman–Crippen LogP) is 2.49. The van der Waals surface area contributed by atoms with Gasteiger partial charge in [-0.1, -0.05) is 11.6 Å². The number of aromatic nitrogens is 1. The average molecular weight is 222 g/mol. The molecule has 1 heterocycles. The second-order valence-electron chi connectivity index (χ2n) is 2.37. The molecule has 0 aliphatic rings. The normalized spacial score (nSPS) is 10.4. The molecule has 0 bridgehead atoms. The van der Waals surface area contributed by atoms with Crippen LogP contribution in [0, 0.1) is 0 Å². The Kier molecular flexibility index (Phi) is 3.35. The first-order chi connectivity index (χ1) is 6.60. The van der Waals surface area contributed by atoms with E-state index in [0.717, 1.165) is 0 Å². The van der Waals surface area contributed by atoms with Crippen molar-refractivity contribution in [2.24, 2.45) is 0 Å². The molecule has 0 aromatic carbocycles. The van der Waals surface area contributed by atoms with Crippen LogP contribution in [0.25, 0.3) is 0 Å². The fourth-order valence-corrected chi connectivity index (χ4v) is 1.10. The number of hydrogen-bond donors (Lipinski definition) is 0. The second kappa shape index (κ2) is 4.32. The van der Waals surface area contributed by atoms with Crippen molar-refractivity contribution in [3.63, 3.8) is 0 Å². The standard InChI is InChI=1S/C8H6ClF2NO2/c1-14-5-2-4(3-13)6(9)7(12-5)8(10)11/h2-3,8H,1H3. The van der Waals surface area contributed by atoms with Crippen LogP contribution < -0.4 is 4.74 Å². The van der Waals surface area contributed by atoms with Gasteiger partial charge in [0, 0.05) is 11.6 Å². The number of aldehydes is 1. The maximum Gasteiger partial charge on any atom is 0.282 e. The Morgan fingerprint density at radius 1 is 1.64 bits per heavy atom. The van der Waals surface area contributed by atoms with Crippen LogP contribution in [-0.4, -0.2) is 18.4 Å². The van der Waals surface area contributed by atoms with Crippen LogP contribution in [-0.2, 0) is 0 Å². The van der Waals surface area contributed by atoms with Gasteiger partial charge in [-0.3, -0.25) is 4.79 Å². The molecule has 76 valence electrons. The van der Waals surface area contributed by atoms with Gasteiger partial charge in [0.05, 0.1) is 12.1 Å². The van der Waals surface area contributed by atoms with Crippen LogP contribution >= 0.6 is 11.6 Å². The van der Waals surface area contributed by atoms with E-state index in [1.165, 1.54) is 13.2 Å². The molecule has 1 aromatic rings. The van der Waals surface area contributed by atoms with Gasteiger partial charge in [0.25, 0.3) is 6.43 Å². The van der Waals surface area contributed by atoms with E-state index < -0.39 is 12.1 Å². The van der Waals surface area contributed by atoms with Crippen LogP contribution in [0.1, 0.15) is 22.5 Å².